The molecule has 5 heteroatoms. The van der Waals surface area contributed by atoms with Crippen LogP contribution in [0, 0.1) is 6.92 Å². The van der Waals surface area contributed by atoms with E-state index in [1.54, 1.807) is 12.1 Å². The molecule has 3 aromatic rings. The second kappa shape index (κ2) is 5.25. The van der Waals surface area contributed by atoms with Crippen molar-refractivity contribution < 1.29 is 4.74 Å². The number of aromatic amines is 1. The number of nitrogens with one attached hydrogen (secondary N) is 1. The van der Waals surface area contributed by atoms with Crippen LogP contribution >= 0.6 is 11.6 Å². The molecular weight excluding hydrogens is 312 g/mol. The third-order valence-electron chi connectivity index (χ3n) is 3.93. The van der Waals surface area contributed by atoms with E-state index in [1.807, 2.05) is 37.3 Å². The molecule has 23 heavy (non-hydrogen) atoms. The van der Waals surface area contributed by atoms with Gasteiger partial charge in [-0.05, 0) is 30.2 Å². The van der Waals surface area contributed by atoms with E-state index in [0.717, 1.165) is 22.4 Å². The van der Waals surface area contributed by atoms with Crippen molar-refractivity contribution >= 4 is 11.6 Å². The lowest BCUT2D eigenvalue weighted by atomic mass is 10.0. The Morgan fingerprint density at radius 3 is 2.87 bits per heavy atom. The van der Waals surface area contributed by atoms with Crippen LogP contribution in [0.25, 0.3) is 11.4 Å². The number of hydrogen-bond acceptors (Lipinski definition) is 3. The maximum Gasteiger partial charge on any atom is 0.258 e. The molecule has 114 valence electrons. The zero-order chi connectivity index (χ0) is 16.0. The molecule has 4 rings (SSSR count). The van der Waals surface area contributed by atoms with E-state index in [0.29, 0.717) is 28.7 Å². The molecule has 0 radical (unpaired) electrons. The molecule has 0 saturated heterocycles. The van der Waals surface area contributed by atoms with Gasteiger partial charge >= 0.3 is 0 Å². The van der Waals surface area contributed by atoms with Gasteiger partial charge < -0.3 is 9.72 Å². The first-order chi connectivity index (χ1) is 11.1. The maximum absolute atomic E-state index is 12.4. The highest BCUT2D eigenvalue weighted by atomic mass is 35.5. The SMILES string of the molecule is Cc1cccc2c1Oc1nc(-c3cccc(Cl)c3)[nH]c(=O)c1C2. The Balaban J connectivity index is 1.85. The largest absolute Gasteiger partial charge is 0.438 e. The predicted octanol–water partition coefficient (Wildman–Crippen LogP) is 4.10. The van der Waals surface area contributed by atoms with Gasteiger partial charge in [-0.25, -0.2) is 0 Å². The van der Waals surface area contributed by atoms with Gasteiger partial charge in [0, 0.05) is 17.0 Å². The van der Waals surface area contributed by atoms with Crippen molar-refractivity contribution in [1.29, 1.82) is 0 Å². The lowest BCUT2D eigenvalue weighted by molar-refractivity contribution is 0.435. The van der Waals surface area contributed by atoms with Gasteiger partial charge in [-0.2, -0.15) is 4.98 Å². The number of H-pyrrole nitrogens is 1. The second-order valence-corrected chi connectivity index (χ2v) is 5.99. The number of para-hydroxylation sites is 1. The van der Waals surface area contributed by atoms with Gasteiger partial charge in [0.2, 0.25) is 5.88 Å². The van der Waals surface area contributed by atoms with E-state index in [-0.39, 0.29) is 5.56 Å². The third kappa shape index (κ3) is 2.41. The van der Waals surface area contributed by atoms with E-state index in [4.69, 9.17) is 16.3 Å². The lowest BCUT2D eigenvalue weighted by Crippen LogP contribution is -2.20. The summed E-state index contributed by atoms with van der Waals surface area (Å²) in [4.78, 5) is 19.7. The van der Waals surface area contributed by atoms with E-state index in [1.165, 1.54) is 0 Å². The Morgan fingerprint density at radius 2 is 2.04 bits per heavy atom. The Labute approximate surface area is 137 Å². The molecule has 1 aliphatic heterocycles. The zero-order valence-electron chi connectivity index (χ0n) is 12.4. The molecule has 1 N–H and O–H groups in total. The van der Waals surface area contributed by atoms with Crippen LogP contribution in [0.1, 0.15) is 16.7 Å². The molecule has 0 spiro atoms. The molecule has 0 unspecified atom stereocenters. The number of nitrogens with zero attached hydrogens (tertiary/aromatic N) is 1. The highest BCUT2D eigenvalue weighted by Crippen LogP contribution is 2.36. The monoisotopic (exact) mass is 324 g/mol. The molecular formula is C18H13ClN2O2. The normalized spacial score (nSPS) is 12.3. The van der Waals surface area contributed by atoms with Gasteiger partial charge in [0.05, 0.1) is 5.56 Å². The highest BCUT2D eigenvalue weighted by Gasteiger charge is 2.23. The molecule has 0 aliphatic carbocycles. The number of fused-ring (bicyclic) bond motifs is 2. The summed E-state index contributed by atoms with van der Waals surface area (Å²) in [6, 6.07) is 13.1. The first-order valence-corrected chi connectivity index (χ1v) is 7.65. The van der Waals surface area contributed by atoms with Crippen molar-refractivity contribution in [3.63, 3.8) is 0 Å². The maximum atomic E-state index is 12.4. The number of aromatic nitrogens is 2. The number of ether oxygens (including phenoxy) is 1. The van der Waals surface area contributed by atoms with Crippen LogP contribution in [0.3, 0.4) is 0 Å². The van der Waals surface area contributed by atoms with Gasteiger partial charge in [-0.15, -0.1) is 0 Å². The number of rotatable bonds is 1. The minimum atomic E-state index is -0.183. The fraction of sp³-hybridized carbons (Fsp3) is 0.111. The highest BCUT2D eigenvalue weighted by molar-refractivity contribution is 6.30. The van der Waals surface area contributed by atoms with Crippen LogP contribution in [-0.4, -0.2) is 9.97 Å². The van der Waals surface area contributed by atoms with E-state index in [9.17, 15) is 4.79 Å². The second-order valence-electron chi connectivity index (χ2n) is 5.55. The Morgan fingerprint density at radius 1 is 1.22 bits per heavy atom. The van der Waals surface area contributed by atoms with Gasteiger partial charge in [0.15, 0.2) is 0 Å². The minimum Gasteiger partial charge on any atom is -0.438 e. The summed E-state index contributed by atoms with van der Waals surface area (Å²) in [7, 11) is 0. The zero-order valence-corrected chi connectivity index (χ0v) is 13.1. The molecule has 2 aromatic carbocycles. The molecule has 0 bridgehead atoms. The molecule has 1 aromatic heterocycles. The van der Waals surface area contributed by atoms with Gasteiger partial charge in [0.25, 0.3) is 5.56 Å². The van der Waals surface area contributed by atoms with Crippen LogP contribution < -0.4 is 10.3 Å². The smallest absolute Gasteiger partial charge is 0.258 e. The Bertz CT molecular complexity index is 979. The number of benzene rings is 2. The molecule has 2 heterocycles. The van der Waals surface area contributed by atoms with Crippen molar-refractivity contribution in [1.82, 2.24) is 9.97 Å². The number of hydrogen-bond donors (Lipinski definition) is 1. The Kier molecular flexibility index (Phi) is 3.20. The summed E-state index contributed by atoms with van der Waals surface area (Å²) in [5, 5.41) is 0.588. The van der Waals surface area contributed by atoms with Crippen LogP contribution in [0.5, 0.6) is 11.6 Å². The van der Waals surface area contributed by atoms with E-state index >= 15 is 0 Å². The molecule has 0 saturated carbocycles. The molecule has 1 aliphatic rings. The van der Waals surface area contributed by atoms with Crippen molar-refractivity contribution in [2.45, 2.75) is 13.3 Å². The quantitative estimate of drug-likeness (QED) is 0.573. The summed E-state index contributed by atoms with van der Waals surface area (Å²) in [6.45, 7) is 1.98. The van der Waals surface area contributed by atoms with Gasteiger partial charge in [-0.1, -0.05) is 41.9 Å². The first-order valence-electron chi connectivity index (χ1n) is 7.27. The average molecular weight is 325 g/mol. The van der Waals surface area contributed by atoms with Crippen molar-refractivity contribution in [2.24, 2.45) is 0 Å². The van der Waals surface area contributed by atoms with Gasteiger partial charge in [0.1, 0.15) is 11.6 Å². The Hall–Kier alpha value is -2.59. The number of aryl methyl sites for hydroxylation is 1. The predicted molar refractivity (Wildman–Crippen MR) is 89.4 cm³/mol. The van der Waals surface area contributed by atoms with Crippen LogP contribution in [0.4, 0.5) is 0 Å². The van der Waals surface area contributed by atoms with E-state index < -0.39 is 0 Å². The van der Waals surface area contributed by atoms with Crippen molar-refractivity contribution in [2.75, 3.05) is 0 Å². The summed E-state index contributed by atoms with van der Waals surface area (Å²) in [5.74, 6) is 1.61. The van der Waals surface area contributed by atoms with Crippen LogP contribution in [-0.2, 0) is 6.42 Å². The molecule has 0 amide bonds. The first kappa shape index (κ1) is 14.0. The van der Waals surface area contributed by atoms with Crippen LogP contribution in [0.15, 0.2) is 47.3 Å². The minimum absolute atomic E-state index is 0.183. The molecule has 0 fully saturated rings. The molecule has 0 atom stereocenters. The summed E-state index contributed by atoms with van der Waals surface area (Å²) in [5.41, 5.74) is 3.14. The standard InChI is InChI=1S/C18H13ClN2O2/c1-10-4-2-5-11-9-14-17(22)20-16(21-18(14)23-15(10)11)12-6-3-7-13(19)8-12/h2-8H,9H2,1H3,(H,20,21,22). The fourth-order valence-electron chi connectivity index (χ4n) is 2.78. The van der Waals surface area contributed by atoms with Crippen molar-refractivity contribution in [3.05, 3.63) is 74.5 Å². The number of halogens is 1. The summed E-state index contributed by atoms with van der Waals surface area (Å²) in [6.07, 6.45) is 0.518. The summed E-state index contributed by atoms with van der Waals surface area (Å²) < 4.78 is 5.92. The fourth-order valence-corrected chi connectivity index (χ4v) is 2.97. The van der Waals surface area contributed by atoms with Gasteiger partial charge in [-0.3, -0.25) is 4.79 Å². The average Bonchev–Trinajstić information content (AvgIpc) is 2.54. The van der Waals surface area contributed by atoms with E-state index in [2.05, 4.69) is 9.97 Å². The third-order valence-corrected chi connectivity index (χ3v) is 4.17. The van der Waals surface area contributed by atoms with Crippen LogP contribution in [0.2, 0.25) is 5.02 Å². The summed E-state index contributed by atoms with van der Waals surface area (Å²) >= 11 is 6.01. The molecule has 4 nitrogen and oxygen atoms in total. The lowest BCUT2D eigenvalue weighted by Gasteiger charge is -2.20. The van der Waals surface area contributed by atoms with Crippen molar-refractivity contribution in [3.8, 4) is 23.0 Å². The topological polar surface area (TPSA) is 55.0 Å².